The van der Waals surface area contributed by atoms with Gasteiger partial charge in [-0.25, -0.2) is 14.4 Å². The van der Waals surface area contributed by atoms with Crippen LogP contribution in [0.1, 0.15) is 65.0 Å². The van der Waals surface area contributed by atoms with Gasteiger partial charge in [-0.2, -0.15) is 0 Å². The van der Waals surface area contributed by atoms with Gasteiger partial charge in [0.1, 0.15) is 39.7 Å². The van der Waals surface area contributed by atoms with Crippen molar-refractivity contribution in [1.29, 1.82) is 0 Å². The molecule has 0 bridgehead atoms. The molecule has 5 rings (SSSR count). The third-order valence-electron chi connectivity index (χ3n) is 6.60. The Morgan fingerprint density at radius 1 is 0.660 bits per heavy atom. The van der Waals surface area contributed by atoms with Gasteiger partial charge in [0.05, 0.1) is 10.9 Å². The van der Waals surface area contributed by atoms with Gasteiger partial charge < -0.3 is 29.2 Å². The quantitative estimate of drug-likeness (QED) is 0.0792. The van der Waals surface area contributed by atoms with E-state index < -0.39 is 35.4 Å². The molecule has 0 aliphatic carbocycles. The van der Waals surface area contributed by atoms with Crippen molar-refractivity contribution in [3.05, 3.63) is 136 Å². The summed E-state index contributed by atoms with van der Waals surface area (Å²) in [4.78, 5) is 66.5. The molecule has 5 aromatic rings. The van der Waals surface area contributed by atoms with Gasteiger partial charge in [0.2, 0.25) is 0 Å². The Labute approximate surface area is 308 Å². The van der Waals surface area contributed by atoms with E-state index in [9.17, 15) is 33.9 Å². The maximum atomic E-state index is 12.4. The van der Waals surface area contributed by atoms with Crippen LogP contribution in [0, 0.1) is 0 Å². The van der Waals surface area contributed by atoms with E-state index in [1.807, 2.05) is 30.3 Å². The minimum absolute atomic E-state index is 0. The van der Waals surface area contributed by atoms with E-state index in [1.165, 1.54) is 45.0 Å². The molecule has 0 aliphatic rings. The van der Waals surface area contributed by atoms with E-state index in [0.29, 0.717) is 11.0 Å². The van der Waals surface area contributed by atoms with Crippen molar-refractivity contribution < 1.29 is 53.2 Å². The summed E-state index contributed by atoms with van der Waals surface area (Å²) in [6, 6.07) is 28.0. The van der Waals surface area contributed by atoms with Crippen molar-refractivity contribution >= 4 is 70.2 Å². The zero-order valence-electron chi connectivity index (χ0n) is 26.6. The van der Waals surface area contributed by atoms with Crippen LogP contribution in [0.5, 0.6) is 17.2 Å². The normalized spacial score (nSPS) is 10.5. The summed E-state index contributed by atoms with van der Waals surface area (Å²) in [6.07, 6.45) is 0.126. The number of carbonyl (C=O) groups excluding carboxylic acids is 3. The molecule has 1 atom stereocenters. The minimum atomic E-state index is -1.11. The first-order valence-electron chi connectivity index (χ1n) is 14.6. The van der Waals surface area contributed by atoms with Crippen LogP contribution in [-0.2, 0) is 14.4 Å². The van der Waals surface area contributed by atoms with Crippen LogP contribution >= 0.6 is 0 Å². The second-order valence-electron chi connectivity index (χ2n) is 10.3. The Morgan fingerprint density at radius 3 is 1.56 bits per heavy atom. The fraction of sp³-hybridized carbons (Fsp3) is 0.135. The number of carboxylic acid groups (broad SMARTS) is 2. The van der Waals surface area contributed by atoms with Crippen LogP contribution in [0.3, 0.4) is 0 Å². The van der Waals surface area contributed by atoms with Gasteiger partial charge in [0, 0.05) is 26.2 Å². The average molecular weight is 693 g/mol. The van der Waals surface area contributed by atoms with Crippen LogP contribution in [-0.4, -0.2) is 74.5 Å². The molecule has 50 heavy (non-hydrogen) atoms. The van der Waals surface area contributed by atoms with Gasteiger partial charge in [-0.15, -0.1) is 0 Å². The van der Waals surface area contributed by atoms with Crippen molar-refractivity contribution in [3.8, 4) is 17.2 Å². The first-order valence-corrected chi connectivity index (χ1v) is 14.6. The van der Waals surface area contributed by atoms with E-state index in [2.05, 4.69) is 9.47 Å². The van der Waals surface area contributed by atoms with E-state index in [-0.39, 0.29) is 75.7 Å². The molecule has 0 spiro atoms. The third kappa shape index (κ3) is 11.5. The SMILES string of the molecule is CC(=O)CC(c1ccccc1)c1c(O)c2ccccc2oc1=O.CC(=O)Oc1ccccc1C(=O)O.CC(=O)Oc1ccccc1C(=O)O.[NaH]. The van der Waals surface area contributed by atoms with Crippen molar-refractivity contribution in [2.75, 3.05) is 0 Å². The van der Waals surface area contributed by atoms with Gasteiger partial charge in [0.15, 0.2) is 0 Å². The monoisotopic (exact) mass is 692 g/mol. The number of ether oxygens (including phenoxy) is 2. The Kier molecular flexibility index (Phi) is 15.8. The second-order valence-corrected chi connectivity index (χ2v) is 10.3. The molecule has 1 aromatic heterocycles. The van der Waals surface area contributed by atoms with Crippen LogP contribution in [0.25, 0.3) is 11.0 Å². The summed E-state index contributed by atoms with van der Waals surface area (Å²) in [5.41, 5.74) is 0.603. The predicted molar refractivity (Wildman–Crippen MR) is 184 cm³/mol. The van der Waals surface area contributed by atoms with Gasteiger partial charge in [-0.05, 0) is 48.9 Å². The fourth-order valence-electron chi connectivity index (χ4n) is 4.59. The Bertz CT molecular complexity index is 1970. The van der Waals surface area contributed by atoms with Gasteiger partial charge in [0.25, 0.3) is 0 Å². The Balaban J connectivity index is 0.000000277. The van der Waals surface area contributed by atoms with E-state index in [4.69, 9.17) is 14.6 Å². The molecule has 12 nitrogen and oxygen atoms in total. The number of benzene rings is 4. The van der Waals surface area contributed by atoms with E-state index in [0.717, 1.165) is 5.56 Å². The summed E-state index contributed by atoms with van der Waals surface area (Å²) in [6.45, 7) is 3.91. The number of hydrogen-bond acceptors (Lipinski definition) is 10. The molecule has 4 aromatic carbocycles. The van der Waals surface area contributed by atoms with Crippen molar-refractivity contribution in [3.63, 3.8) is 0 Å². The number of ketones is 1. The van der Waals surface area contributed by atoms with Crippen molar-refractivity contribution in [2.45, 2.75) is 33.1 Å². The summed E-state index contributed by atoms with van der Waals surface area (Å²) < 4.78 is 14.7. The number of rotatable bonds is 8. The molecule has 0 saturated heterocycles. The van der Waals surface area contributed by atoms with Crippen LogP contribution in [0.15, 0.2) is 112 Å². The molecule has 0 aliphatic heterocycles. The topological polar surface area (TPSA) is 195 Å². The number of aromatic hydroxyl groups is 1. The average Bonchev–Trinajstić information content (AvgIpc) is 3.05. The zero-order chi connectivity index (χ0) is 36.1. The number of Topliss-reactive ketones (excluding diaryl/α,β-unsaturated/α-hetero) is 1. The number of carbonyl (C=O) groups is 5. The summed E-state index contributed by atoms with van der Waals surface area (Å²) in [5, 5.41) is 28.4. The number of hydrogen-bond donors (Lipinski definition) is 3. The molecule has 0 fully saturated rings. The zero-order valence-corrected chi connectivity index (χ0v) is 26.6. The molecule has 3 N–H and O–H groups in total. The molecule has 1 heterocycles. The number of aromatic carboxylic acids is 2. The van der Waals surface area contributed by atoms with Gasteiger partial charge in [-0.3, -0.25) is 14.4 Å². The van der Waals surface area contributed by atoms with E-state index in [1.54, 1.807) is 48.5 Å². The maximum absolute atomic E-state index is 12.4. The predicted octanol–water partition coefficient (Wildman–Crippen LogP) is 5.58. The molecular formula is C37H33NaO12. The first kappa shape index (κ1) is 40.6. The number of carboxylic acids is 2. The van der Waals surface area contributed by atoms with Crippen molar-refractivity contribution in [2.24, 2.45) is 0 Å². The number of fused-ring (bicyclic) bond motifs is 1. The molecule has 1 unspecified atom stereocenters. The fourth-order valence-corrected chi connectivity index (χ4v) is 4.59. The number of para-hydroxylation sites is 3. The van der Waals surface area contributed by atoms with Gasteiger partial charge >= 0.3 is 59.1 Å². The number of esters is 2. The molecule has 0 radical (unpaired) electrons. The Morgan fingerprint density at radius 2 is 1.10 bits per heavy atom. The second kappa shape index (κ2) is 19.4. The molecule has 254 valence electrons. The summed E-state index contributed by atoms with van der Waals surface area (Å²) in [5.74, 6) is -3.87. The summed E-state index contributed by atoms with van der Waals surface area (Å²) >= 11 is 0. The standard InChI is InChI=1S/C19H16O4.2C9H8O4.Na.H/c1-12(20)11-15(13-7-3-2-4-8-13)17-18(21)14-9-5-6-10-16(14)23-19(17)22;2*1-6(10)13-8-5-3-2-4-7(8)9(11)12;;/h2-10,15,21H,11H2,1H3;2*2-5H,1H3,(H,11,12);;. The Hall–Kier alpha value is -5.56. The van der Waals surface area contributed by atoms with Gasteiger partial charge in [-0.1, -0.05) is 66.7 Å². The van der Waals surface area contributed by atoms with Crippen LogP contribution in [0.2, 0.25) is 0 Å². The van der Waals surface area contributed by atoms with Crippen LogP contribution in [0.4, 0.5) is 0 Å². The molecule has 13 heteroatoms. The van der Waals surface area contributed by atoms with Crippen molar-refractivity contribution in [1.82, 2.24) is 0 Å². The molecule has 0 amide bonds. The third-order valence-corrected chi connectivity index (χ3v) is 6.60. The van der Waals surface area contributed by atoms with E-state index >= 15 is 0 Å². The summed E-state index contributed by atoms with van der Waals surface area (Å²) in [7, 11) is 0. The molecule has 0 saturated carbocycles. The molecular weight excluding hydrogens is 659 g/mol. The van der Waals surface area contributed by atoms with Crippen LogP contribution < -0.4 is 15.1 Å². The first-order chi connectivity index (χ1) is 23.3.